The van der Waals surface area contributed by atoms with Gasteiger partial charge in [-0.3, -0.25) is 15.5 Å². The average Bonchev–Trinajstić information content (AvgIpc) is 3.43. The quantitative estimate of drug-likeness (QED) is 0.241. The maximum absolute atomic E-state index is 11.5. The van der Waals surface area contributed by atoms with E-state index in [1.165, 1.54) is 29.7 Å². The van der Waals surface area contributed by atoms with Gasteiger partial charge in [-0.1, -0.05) is 24.3 Å². The first-order chi connectivity index (χ1) is 15.3. The Morgan fingerprint density at radius 1 is 1.16 bits per heavy atom. The van der Waals surface area contributed by atoms with Crippen LogP contribution in [-0.4, -0.2) is 29.3 Å². The SMILES string of the molecule is NS(=O)(=O)c1ccc(NN=Cc2cn(-c3ccccc3)nc2-c2cccs2)c([N+](=O)[O-])c1. The molecular weight excluding hydrogens is 452 g/mol. The number of primary sulfonamides is 1. The lowest BCUT2D eigenvalue weighted by atomic mass is 10.2. The molecule has 0 unspecified atom stereocenters. The summed E-state index contributed by atoms with van der Waals surface area (Å²) >= 11 is 1.52. The summed E-state index contributed by atoms with van der Waals surface area (Å²) in [7, 11) is -4.07. The molecule has 3 N–H and O–H groups in total. The van der Waals surface area contributed by atoms with E-state index in [4.69, 9.17) is 5.14 Å². The number of nitro groups is 1. The molecule has 2 aromatic heterocycles. The summed E-state index contributed by atoms with van der Waals surface area (Å²) in [4.78, 5) is 11.2. The number of aromatic nitrogens is 2. The van der Waals surface area contributed by atoms with Crippen molar-refractivity contribution < 1.29 is 13.3 Å². The van der Waals surface area contributed by atoms with Crippen molar-refractivity contribution in [2.75, 3.05) is 5.43 Å². The van der Waals surface area contributed by atoms with Crippen LogP contribution < -0.4 is 10.6 Å². The van der Waals surface area contributed by atoms with Gasteiger partial charge in [0.1, 0.15) is 11.4 Å². The Kier molecular flexibility index (Phi) is 5.81. The number of nitrogens with two attached hydrogens (primary N) is 1. The number of anilines is 1. The van der Waals surface area contributed by atoms with Crippen LogP contribution in [0.5, 0.6) is 0 Å². The summed E-state index contributed by atoms with van der Waals surface area (Å²) < 4.78 is 24.7. The summed E-state index contributed by atoms with van der Waals surface area (Å²) in [6, 6.07) is 16.7. The zero-order valence-electron chi connectivity index (χ0n) is 16.3. The van der Waals surface area contributed by atoms with Crippen LogP contribution in [0.25, 0.3) is 16.3 Å². The van der Waals surface area contributed by atoms with Gasteiger partial charge in [0.15, 0.2) is 0 Å². The molecule has 4 aromatic rings. The number of thiophene rings is 1. The molecule has 0 saturated carbocycles. The van der Waals surface area contributed by atoms with Crippen molar-refractivity contribution in [3.63, 3.8) is 0 Å². The molecule has 0 aliphatic rings. The van der Waals surface area contributed by atoms with Gasteiger partial charge in [0.25, 0.3) is 5.69 Å². The molecule has 0 aliphatic heterocycles. The van der Waals surface area contributed by atoms with Gasteiger partial charge in [-0.15, -0.1) is 11.3 Å². The second-order valence-electron chi connectivity index (χ2n) is 6.54. The minimum absolute atomic E-state index is 0.0202. The second-order valence-corrected chi connectivity index (χ2v) is 9.05. The molecule has 162 valence electrons. The highest BCUT2D eigenvalue weighted by atomic mass is 32.2. The van der Waals surface area contributed by atoms with Crippen LogP contribution in [0.15, 0.2) is 82.2 Å². The number of hydrogen-bond acceptors (Lipinski definition) is 8. The van der Waals surface area contributed by atoms with E-state index >= 15 is 0 Å². The first-order valence-corrected chi connectivity index (χ1v) is 11.5. The largest absolute Gasteiger partial charge is 0.295 e. The standard InChI is InChI=1S/C20H16N6O4S2/c21-32(29,30)16-8-9-17(18(11-16)26(27)28)23-22-12-14-13-25(15-5-2-1-3-6-15)24-20(14)19-7-4-10-31-19/h1-13,23H,(H2,21,29,30). The number of hydrogen-bond donors (Lipinski definition) is 2. The predicted octanol–water partition coefficient (Wildman–Crippen LogP) is 3.60. The van der Waals surface area contributed by atoms with E-state index in [1.54, 1.807) is 10.9 Å². The molecule has 0 saturated heterocycles. The second kappa shape index (κ2) is 8.70. The zero-order valence-corrected chi connectivity index (χ0v) is 18.0. The molecular formula is C20H16N6O4S2. The van der Waals surface area contributed by atoms with Crippen LogP contribution in [0.4, 0.5) is 11.4 Å². The summed E-state index contributed by atoms with van der Waals surface area (Å²) in [6.07, 6.45) is 3.30. The predicted molar refractivity (Wildman–Crippen MR) is 123 cm³/mol. The third kappa shape index (κ3) is 4.56. The van der Waals surface area contributed by atoms with Gasteiger partial charge in [0, 0.05) is 17.8 Å². The number of hydrazone groups is 1. The molecule has 0 aliphatic carbocycles. The Hall–Kier alpha value is -3.87. The molecule has 2 heterocycles. The smallest absolute Gasteiger partial charge is 0.272 e. The number of benzene rings is 2. The van der Waals surface area contributed by atoms with Gasteiger partial charge in [-0.25, -0.2) is 18.2 Å². The zero-order chi connectivity index (χ0) is 22.7. The van der Waals surface area contributed by atoms with E-state index in [1.807, 2.05) is 47.8 Å². The third-order valence-corrected chi connectivity index (χ3v) is 6.19. The van der Waals surface area contributed by atoms with E-state index in [-0.39, 0.29) is 10.6 Å². The molecule has 12 heteroatoms. The highest BCUT2D eigenvalue weighted by molar-refractivity contribution is 7.89. The number of para-hydroxylation sites is 1. The lowest BCUT2D eigenvalue weighted by Crippen LogP contribution is -2.12. The van der Waals surface area contributed by atoms with E-state index in [0.717, 1.165) is 16.6 Å². The molecule has 0 atom stereocenters. The fraction of sp³-hybridized carbons (Fsp3) is 0. The average molecular weight is 469 g/mol. The van der Waals surface area contributed by atoms with Gasteiger partial charge in [-0.05, 0) is 35.7 Å². The van der Waals surface area contributed by atoms with Gasteiger partial charge in [0.2, 0.25) is 10.0 Å². The molecule has 4 rings (SSSR count). The van der Waals surface area contributed by atoms with Crippen molar-refractivity contribution in [2.24, 2.45) is 10.2 Å². The van der Waals surface area contributed by atoms with Crippen LogP contribution in [0, 0.1) is 10.1 Å². The van der Waals surface area contributed by atoms with E-state index in [0.29, 0.717) is 11.3 Å². The van der Waals surface area contributed by atoms with Crippen LogP contribution >= 0.6 is 11.3 Å². The Bertz CT molecular complexity index is 1400. The summed E-state index contributed by atoms with van der Waals surface area (Å²) in [5.41, 5.74) is 4.41. The number of nitrogens with zero attached hydrogens (tertiary/aromatic N) is 4. The van der Waals surface area contributed by atoms with Gasteiger partial charge in [0.05, 0.1) is 26.6 Å². The third-order valence-electron chi connectivity index (χ3n) is 4.40. The Morgan fingerprint density at radius 3 is 2.59 bits per heavy atom. The topological polar surface area (TPSA) is 146 Å². The van der Waals surface area contributed by atoms with E-state index < -0.39 is 20.6 Å². The van der Waals surface area contributed by atoms with Crippen LogP contribution in [0.1, 0.15) is 5.56 Å². The maximum atomic E-state index is 11.5. The van der Waals surface area contributed by atoms with E-state index in [2.05, 4.69) is 15.6 Å². The van der Waals surface area contributed by atoms with Crippen molar-refractivity contribution in [3.05, 3.63) is 87.9 Å². The number of sulfonamides is 1. The van der Waals surface area contributed by atoms with Crippen LogP contribution in [-0.2, 0) is 10.0 Å². The first-order valence-electron chi connectivity index (χ1n) is 9.12. The summed E-state index contributed by atoms with van der Waals surface area (Å²) in [5.74, 6) is 0. The lowest BCUT2D eigenvalue weighted by Gasteiger charge is -2.04. The highest BCUT2D eigenvalue weighted by Crippen LogP contribution is 2.28. The highest BCUT2D eigenvalue weighted by Gasteiger charge is 2.19. The number of nitrogens with one attached hydrogen (secondary N) is 1. The van der Waals surface area contributed by atoms with Gasteiger partial charge >= 0.3 is 0 Å². The normalized spacial score (nSPS) is 11.7. The van der Waals surface area contributed by atoms with Crippen molar-refractivity contribution in [1.29, 1.82) is 0 Å². The molecule has 0 fully saturated rings. The van der Waals surface area contributed by atoms with Crippen molar-refractivity contribution in [2.45, 2.75) is 4.90 Å². The van der Waals surface area contributed by atoms with Crippen molar-refractivity contribution in [3.8, 4) is 16.3 Å². The molecule has 0 amide bonds. The summed E-state index contributed by atoms with van der Waals surface area (Å²) in [5, 5.41) is 27.1. The van der Waals surface area contributed by atoms with Crippen molar-refractivity contribution >= 4 is 38.9 Å². The molecule has 32 heavy (non-hydrogen) atoms. The van der Waals surface area contributed by atoms with Crippen molar-refractivity contribution in [1.82, 2.24) is 9.78 Å². The maximum Gasteiger partial charge on any atom is 0.295 e. The summed E-state index contributed by atoms with van der Waals surface area (Å²) in [6.45, 7) is 0. The Morgan fingerprint density at radius 2 is 1.94 bits per heavy atom. The van der Waals surface area contributed by atoms with Gasteiger partial charge in [-0.2, -0.15) is 10.2 Å². The minimum Gasteiger partial charge on any atom is -0.272 e. The molecule has 2 aromatic carbocycles. The first kappa shape index (κ1) is 21.4. The van der Waals surface area contributed by atoms with Gasteiger partial charge < -0.3 is 0 Å². The lowest BCUT2D eigenvalue weighted by molar-refractivity contribution is -0.384. The fourth-order valence-electron chi connectivity index (χ4n) is 2.90. The molecule has 0 bridgehead atoms. The van der Waals surface area contributed by atoms with Crippen LogP contribution in [0.2, 0.25) is 0 Å². The molecule has 10 nitrogen and oxygen atoms in total. The molecule has 0 radical (unpaired) electrons. The molecule has 0 spiro atoms. The number of nitro benzene ring substituents is 1. The Balaban J connectivity index is 1.67. The van der Waals surface area contributed by atoms with Crippen LogP contribution in [0.3, 0.4) is 0 Å². The van der Waals surface area contributed by atoms with E-state index in [9.17, 15) is 18.5 Å². The Labute approximate surface area is 186 Å². The number of rotatable bonds is 7. The monoisotopic (exact) mass is 468 g/mol. The minimum atomic E-state index is -4.07. The fourth-order valence-corrected chi connectivity index (χ4v) is 4.17.